The van der Waals surface area contributed by atoms with Crippen molar-refractivity contribution >= 4 is 11.9 Å². The van der Waals surface area contributed by atoms with E-state index in [2.05, 4.69) is 15.2 Å². The van der Waals surface area contributed by atoms with Crippen LogP contribution in [0.4, 0.5) is 0 Å². The molecule has 0 spiro atoms. The zero-order chi connectivity index (χ0) is 17.4. The third kappa shape index (κ3) is 4.68. The van der Waals surface area contributed by atoms with Gasteiger partial charge in [-0.3, -0.25) is 9.59 Å². The fourth-order valence-corrected chi connectivity index (χ4v) is 2.43. The molecule has 0 atom stereocenters. The number of aromatic nitrogens is 2. The topological polar surface area (TPSA) is 73.2 Å². The highest BCUT2D eigenvalue weighted by atomic mass is 16.5. The zero-order valence-corrected chi connectivity index (χ0v) is 14.1. The fourth-order valence-electron chi connectivity index (χ4n) is 2.43. The number of para-hydroxylation sites is 1. The van der Waals surface area contributed by atoms with Gasteiger partial charge in [0, 0.05) is 13.0 Å². The van der Waals surface area contributed by atoms with E-state index in [1.54, 1.807) is 10.9 Å². The molecule has 0 unspecified atom stereocenters. The van der Waals surface area contributed by atoms with Gasteiger partial charge in [-0.05, 0) is 31.9 Å². The summed E-state index contributed by atoms with van der Waals surface area (Å²) < 4.78 is 6.34. The van der Waals surface area contributed by atoms with E-state index < -0.39 is 0 Å². The van der Waals surface area contributed by atoms with E-state index in [1.165, 1.54) is 7.11 Å². The predicted octanol–water partition coefficient (Wildman–Crippen LogP) is 2.64. The van der Waals surface area contributed by atoms with Gasteiger partial charge >= 0.3 is 5.97 Å². The summed E-state index contributed by atoms with van der Waals surface area (Å²) in [4.78, 5) is 23.3. The van der Waals surface area contributed by atoms with Gasteiger partial charge in [0.1, 0.15) is 0 Å². The van der Waals surface area contributed by atoms with Crippen LogP contribution in [-0.2, 0) is 9.53 Å². The van der Waals surface area contributed by atoms with Crippen LogP contribution in [0.5, 0.6) is 0 Å². The smallest absolute Gasteiger partial charge is 0.305 e. The molecule has 0 aliphatic heterocycles. The summed E-state index contributed by atoms with van der Waals surface area (Å²) in [6.45, 7) is 2.46. The molecule has 1 aromatic heterocycles. The van der Waals surface area contributed by atoms with Gasteiger partial charge in [-0.15, -0.1) is 0 Å². The van der Waals surface area contributed by atoms with Gasteiger partial charge in [0.2, 0.25) is 0 Å². The Labute approximate surface area is 141 Å². The van der Waals surface area contributed by atoms with Gasteiger partial charge in [-0.1, -0.05) is 24.6 Å². The number of nitrogens with one attached hydrogen (secondary N) is 1. The Morgan fingerprint density at radius 3 is 2.62 bits per heavy atom. The van der Waals surface area contributed by atoms with E-state index in [-0.39, 0.29) is 11.9 Å². The maximum atomic E-state index is 12.3. The summed E-state index contributed by atoms with van der Waals surface area (Å²) in [5.74, 6) is -0.314. The molecular formula is C18H23N3O3. The first-order valence-corrected chi connectivity index (χ1v) is 8.08. The first kappa shape index (κ1) is 17.7. The first-order chi connectivity index (χ1) is 11.6. The highest BCUT2D eigenvalue weighted by Crippen LogP contribution is 2.13. The molecule has 6 heteroatoms. The van der Waals surface area contributed by atoms with E-state index >= 15 is 0 Å². The zero-order valence-electron chi connectivity index (χ0n) is 14.1. The van der Waals surface area contributed by atoms with Gasteiger partial charge in [0.05, 0.1) is 30.3 Å². The average molecular weight is 329 g/mol. The lowest BCUT2D eigenvalue weighted by Crippen LogP contribution is -2.25. The number of esters is 1. The number of hydrogen-bond acceptors (Lipinski definition) is 4. The average Bonchev–Trinajstić information content (AvgIpc) is 2.99. The monoisotopic (exact) mass is 329 g/mol. The molecule has 6 nitrogen and oxygen atoms in total. The van der Waals surface area contributed by atoms with Gasteiger partial charge in [0.25, 0.3) is 5.91 Å². The number of hydrogen-bond donors (Lipinski definition) is 1. The molecule has 1 N–H and O–H groups in total. The van der Waals surface area contributed by atoms with Gasteiger partial charge in [-0.2, -0.15) is 5.10 Å². The van der Waals surface area contributed by atoms with Crippen molar-refractivity contribution < 1.29 is 14.3 Å². The van der Waals surface area contributed by atoms with Gasteiger partial charge < -0.3 is 10.1 Å². The van der Waals surface area contributed by atoms with Crippen LogP contribution >= 0.6 is 0 Å². The van der Waals surface area contributed by atoms with Crippen LogP contribution in [0.3, 0.4) is 0 Å². The molecule has 1 heterocycles. The van der Waals surface area contributed by atoms with Gasteiger partial charge in [-0.25, -0.2) is 4.68 Å². The third-order valence-corrected chi connectivity index (χ3v) is 3.83. The first-order valence-electron chi connectivity index (χ1n) is 8.08. The standard InChI is InChI=1S/C18H23N3O3/c1-14-16(13-20-21(14)15-9-5-3-6-10-15)18(23)19-12-8-4-7-11-17(22)24-2/h3,5-6,9-10,13H,4,7-8,11-12H2,1-2H3,(H,19,23). The molecule has 0 radical (unpaired) electrons. The number of methoxy groups -OCH3 is 1. The SMILES string of the molecule is COC(=O)CCCCCNC(=O)c1cnn(-c2ccccc2)c1C. The van der Waals surface area contributed by atoms with Crippen LogP contribution < -0.4 is 5.32 Å². The Kier molecular flexibility index (Phi) is 6.54. The number of benzene rings is 1. The maximum Gasteiger partial charge on any atom is 0.305 e. The molecule has 0 saturated heterocycles. The van der Waals surface area contributed by atoms with Crippen molar-refractivity contribution in [2.75, 3.05) is 13.7 Å². The summed E-state index contributed by atoms with van der Waals surface area (Å²) in [5.41, 5.74) is 2.31. The van der Waals surface area contributed by atoms with E-state index in [4.69, 9.17) is 0 Å². The minimum atomic E-state index is -0.192. The van der Waals surface area contributed by atoms with E-state index in [0.29, 0.717) is 18.5 Å². The van der Waals surface area contributed by atoms with Crippen LogP contribution in [-0.4, -0.2) is 35.3 Å². The Morgan fingerprint density at radius 2 is 1.92 bits per heavy atom. The second kappa shape index (κ2) is 8.86. The molecule has 1 amide bonds. The maximum absolute atomic E-state index is 12.3. The van der Waals surface area contributed by atoms with Crippen LogP contribution in [0.25, 0.3) is 5.69 Å². The van der Waals surface area contributed by atoms with Crippen molar-refractivity contribution in [3.05, 3.63) is 47.8 Å². The predicted molar refractivity (Wildman–Crippen MR) is 91.1 cm³/mol. The molecule has 2 aromatic rings. The van der Waals surface area contributed by atoms with Crippen molar-refractivity contribution in [3.8, 4) is 5.69 Å². The summed E-state index contributed by atoms with van der Waals surface area (Å²) in [7, 11) is 1.39. The van der Waals surface area contributed by atoms with Crippen LogP contribution in [0.1, 0.15) is 41.7 Å². The number of carbonyl (C=O) groups excluding carboxylic acids is 2. The Bertz CT molecular complexity index is 680. The van der Waals surface area contributed by atoms with Crippen molar-refractivity contribution in [1.82, 2.24) is 15.1 Å². The van der Waals surface area contributed by atoms with Crippen molar-refractivity contribution in [2.24, 2.45) is 0 Å². The normalized spacial score (nSPS) is 10.4. The molecule has 0 saturated carbocycles. The van der Waals surface area contributed by atoms with E-state index in [1.807, 2.05) is 37.3 Å². The number of nitrogens with zero attached hydrogens (tertiary/aromatic N) is 2. The Morgan fingerprint density at radius 1 is 1.17 bits per heavy atom. The summed E-state index contributed by atoms with van der Waals surface area (Å²) in [6.07, 6.45) is 4.49. The number of unbranched alkanes of at least 4 members (excludes halogenated alkanes) is 2. The molecule has 0 bridgehead atoms. The summed E-state index contributed by atoms with van der Waals surface area (Å²) >= 11 is 0. The third-order valence-electron chi connectivity index (χ3n) is 3.83. The number of amides is 1. The van der Waals surface area contributed by atoms with E-state index in [9.17, 15) is 9.59 Å². The van der Waals surface area contributed by atoms with Gasteiger partial charge in [0.15, 0.2) is 0 Å². The quantitative estimate of drug-likeness (QED) is 0.597. The van der Waals surface area contributed by atoms with E-state index in [0.717, 1.165) is 30.6 Å². The molecule has 0 aliphatic carbocycles. The number of carbonyl (C=O) groups is 2. The molecule has 2 rings (SSSR count). The summed E-state index contributed by atoms with van der Waals surface area (Å²) in [6, 6.07) is 9.71. The largest absolute Gasteiger partial charge is 0.469 e. The lowest BCUT2D eigenvalue weighted by atomic mass is 10.2. The Hall–Kier alpha value is -2.63. The second-order valence-corrected chi connectivity index (χ2v) is 5.53. The minimum absolute atomic E-state index is 0.123. The number of ether oxygens (including phenoxy) is 1. The fraction of sp³-hybridized carbons (Fsp3) is 0.389. The lowest BCUT2D eigenvalue weighted by Gasteiger charge is -2.06. The molecular weight excluding hydrogens is 306 g/mol. The van der Waals surface area contributed by atoms with Crippen molar-refractivity contribution in [1.29, 1.82) is 0 Å². The van der Waals surface area contributed by atoms with Crippen LogP contribution in [0.2, 0.25) is 0 Å². The lowest BCUT2D eigenvalue weighted by molar-refractivity contribution is -0.140. The molecule has 1 aromatic carbocycles. The highest BCUT2D eigenvalue weighted by Gasteiger charge is 2.14. The number of rotatable bonds is 8. The molecule has 128 valence electrons. The Balaban J connectivity index is 1.81. The molecule has 0 fully saturated rings. The molecule has 0 aliphatic rings. The van der Waals surface area contributed by atoms with Crippen LogP contribution in [0.15, 0.2) is 36.5 Å². The van der Waals surface area contributed by atoms with Crippen molar-refractivity contribution in [3.63, 3.8) is 0 Å². The highest BCUT2D eigenvalue weighted by molar-refractivity contribution is 5.95. The van der Waals surface area contributed by atoms with Crippen LogP contribution in [0, 0.1) is 6.92 Å². The summed E-state index contributed by atoms with van der Waals surface area (Å²) in [5, 5.41) is 7.20. The van der Waals surface area contributed by atoms with Crippen molar-refractivity contribution in [2.45, 2.75) is 32.6 Å². The minimum Gasteiger partial charge on any atom is -0.469 e. The second-order valence-electron chi connectivity index (χ2n) is 5.53. The molecule has 24 heavy (non-hydrogen) atoms.